The summed E-state index contributed by atoms with van der Waals surface area (Å²) in [6.07, 6.45) is 0. The molecule has 1 rings (SSSR count). The number of hydrogen-bond donors (Lipinski definition) is 1. The number of rotatable bonds is 7. The van der Waals surface area contributed by atoms with Gasteiger partial charge in [-0.3, -0.25) is 0 Å². The zero-order valence-corrected chi connectivity index (χ0v) is 9.44. The third kappa shape index (κ3) is 5.48. The summed E-state index contributed by atoms with van der Waals surface area (Å²) in [6, 6.07) is 9.57. The van der Waals surface area contributed by atoms with E-state index in [1.165, 1.54) is 0 Å². The lowest BCUT2D eigenvalue weighted by atomic mass is 10.2. The number of carbonyl (C=O) groups is 1. The van der Waals surface area contributed by atoms with Crippen LogP contribution in [0.15, 0.2) is 30.3 Å². The Labute approximate surface area is 95.6 Å². The highest BCUT2D eigenvalue weighted by Gasteiger charge is 2.02. The Hall–Kier alpha value is -1.39. The fourth-order valence-corrected chi connectivity index (χ4v) is 1.11. The molecule has 0 aliphatic carbocycles. The first-order valence-corrected chi connectivity index (χ1v) is 5.25. The zero-order valence-electron chi connectivity index (χ0n) is 9.44. The molecule has 0 fully saturated rings. The van der Waals surface area contributed by atoms with Gasteiger partial charge in [0.2, 0.25) is 0 Å². The maximum absolute atomic E-state index is 11.2. The molecule has 0 atom stereocenters. The zero-order chi connectivity index (χ0) is 11.6. The molecule has 1 N–H and O–H groups in total. The van der Waals surface area contributed by atoms with Gasteiger partial charge in [-0.15, -0.1) is 0 Å². The fraction of sp³-hybridized carbons (Fsp3) is 0.417. The van der Waals surface area contributed by atoms with Gasteiger partial charge in [-0.2, -0.15) is 0 Å². The molecular formula is C12H17NO3. The van der Waals surface area contributed by atoms with Gasteiger partial charge in [0, 0.05) is 6.54 Å². The van der Waals surface area contributed by atoms with Crippen molar-refractivity contribution < 1.29 is 14.3 Å². The number of benzene rings is 1. The smallest absolute Gasteiger partial charge is 0.332 e. The predicted molar refractivity (Wildman–Crippen MR) is 61.0 cm³/mol. The highest BCUT2D eigenvalue weighted by molar-refractivity contribution is 5.70. The molecule has 0 spiro atoms. The lowest BCUT2D eigenvalue weighted by Crippen LogP contribution is -2.18. The maximum Gasteiger partial charge on any atom is 0.332 e. The minimum atomic E-state index is -0.333. The van der Waals surface area contributed by atoms with Crippen LogP contribution in [-0.2, 0) is 20.9 Å². The van der Waals surface area contributed by atoms with Crippen molar-refractivity contribution in [3.8, 4) is 0 Å². The SMILES string of the molecule is CNCCOCC(=O)OCc1ccccc1. The van der Waals surface area contributed by atoms with Gasteiger partial charge in [0.05, 0.1) is 6.61 Å². The van der Waals surface area contributed by atoms with Crippen LogP contribution in [-0.4, -0.2) is 32.8 Å². The molecule has 0 radical (unpaired) electrons. The molecule has 0 heterocycles. The summed E-state index contributed by atoms with van der Waals surface area (Å²) in [5, 5.41) is 2.92. The van der Waals surface area contributed by atoms with E-state index in [1.807, 2.05) is 37.4 Å². The lowest BCUT2D eigenvalue weighted by molar-refractivity contribution is -0.150. The van der Waals surface area contributed by atoms with Crippen LogP contribution in [0.4, 0.5) is 0 Å². The van der Waals surface area contributed by atoms with Crippen LogP contribution in [0.2, 0.25) is 0 Å². The molecular weight excluding hydrogens is 206 g/mol. The average Bonchev–Trinajstić information content (AvgIpc) is 2.33. The largest absolute Gasteiger partial charge is 0.459 e. The van der Waals surface area contributed by atoms with E-state index in [1.54, 1.807) is 0 Å². The van der Waals surface area contributed by atoms with Crippen LogP contribution in [0.3, 0.4) is 0 Å². The predicted octanol–water partition coefficient (Wildman–Crippen LogP) is 0.966. The first-order valence-electron chi connectivity index (χ1n) is 5.25. The van der Waals surface area contributed by atoms with Crippen LogP contribution in [0.5, 0.6) is 0 Å². The Balaban J connectivity index is 2.11. The van der Waals surface area contributed by atoms with Crippen molar-refractivity contribution in [2.75, 3.05) is 26.8 Å². The lowest BCUT2D eigenvalue weighted by Gasteiger charge is -2.05. The van der Waals surface area contributed by atoms with Crippen LogP contribution >= 0.6 is 0 Å². The molecule has 4 nitrogen and oxygen atoms in total. The van der Waals surface area contributed by atoms with E-state index < -0.39 is 0 Å². The van der Waals surface area contributed by atoms with Gasteiger partial charge in [0.15, 0.2) is 0 Å². The molecule has 4 heteroatoms. The Kier molecular flexibility index (Phi) is 6.22. The van der Waals surface area contributed by atoms with E-state index in [4.69, 9.17) is 9.47 Å². The summed E-state index contributed by atoms with van der Waals surface area (Å²) in [6.45, 7) is 1.55. The molecule has 16 heavy (non-hydrogen) atoms. The third-order valence-corrected chi connectivity index (χ3v) is 1.96. The number of hydrogen-bond acceptors (Lipinski definition) is 4. The molecule has 0 bridgehead atoms. The number of likely N-dealkylation sites (N-methyl/N-ethyl adjacent to an activating group) is 1. The highest BCUT2D eigenvalue weighted by atomic mass is 16.6. The van der Waals surface area contributed by atoms with Crippen molar-refractivity contribution >= 4 is 5.97 Å². The number of nitrogens with one attached hydrogen (secondary N) is 1. The number of carbonyl (C=O) groups excluding carboxylic acids is 1. The molecule has 1 aromatic rings. The fourth-order valence-electron chi connectivity index (χ4n) is 1.11. The Morgan fingerprint density at radius 1 is 1.31 bits per heavy atom. The van der Waals surface area contributed by atoms with Crippen molar-refractivity contribution in [2.45, 2.75) is 6.61 Å². The Morgan fingerprint density at radius 3 is 2.75 bits per heavy atom. The summed E-state index contributed by atoms with van der Waals surface area (Å²) in [5.41, 5.74) is 0.978. The minimum Gasteiger partial charge on any atom is -0.459 e. The van der Waals surface area contributed by atoms with Gasteiger partial charge in [-0.05, 0) is 12.6 Å². The van der Waals surface area contributed by atoms with Crippen molar-refractivity contribution in [3.05, 3.63) is 35.9 Å². The third-order valence-electron chi connectivity index (χ3n) is 1.96. The minimum absolute atomic E-state index is 0.00845. The molecule has 0 unspecified atom stereocenters. The van der Waals surface area contributed by atoms with Crippen molar-refractivity contribution in [3.63, 3.8) is 0 Å². The first kappa shape index (κ1) is 12.7. The Bertz CT molecular complexity index is 300. The van der Waals surface area contributed by atoms with Crippen molar-refractivity contribution in [1.29, 1.82) is 0 Å². The average molecular weight is 223 g/mol. The van der Waals surface area contributed by atoms with Crippen molar-refractivity contribution in [1.82, 2.24) is 5.32 Å². The summed E-state index contributed by atoms with van der Waals surface area (Å²) in [5.74, 6) is -0.333. The van der Waals surface area contributed by atoms with E-state index in [-0.39, 0.29) is 12.6 Å². The van der Waals surface area contributed by atoms with Gasteiger partial charge >= 0.3 is 5.97 Å². The van der Waals surface area contributed by atoms with Crippen molar-refractivity contribution in [2.24, 2.45) is 0 Å². The molecule has 88 valence electrons. The summed E-state index contributed by atoms with van der Waals surface area (Å²) >= 11 is 0. The number of esters is 1. The monoisotopic (exact) mass is 223 g/mol. The summed E-state index contributed by atoms with van der Waals surface area (Å²) in [4.78, 5) is 11.2. The van der Waals surface area contributed by atoms with Crippen LogP contribution < -0.4 is 5.32 Å². The molecule has 0 saturated carbocycles. The highest BCUT2D eigenvalue weighted by Crippen LogP contribution is 2.00. The molecule has 1 aromatic carbocycles. The second-order valence-electron chi connectivity index (χ2n) is 3.30. The van der Waals surface area contributed by atoms with E-state index in [9.17, 15) is 4.79 Å². The molecule has 0 aromatic heterocycles. The quantitative estimate of drug-likeness (QED) is 0.552. The normalized spacial score (nSPS) is 10.1. The first-order chi connectivity index (χ1) is 7.83. The van der Waals surface area contributed by atoms with E-state index in [0.717, 1.165) is 12.1 Å². The van der Waals surface area contributed by atoms with Gasteiger partial charge < -0.3 is 14.8 Å². The standard InChI is InChI=1S/C12H17NO3/c1-13-7-8-15-10-12(14)16-9-11-5-3-2-4-6-11/h2-6,13H,7-10H2,1H3. The summed E-state index contributed by atoms with van der Waals surface area (Å²) in [7, 11) is 1.83. The topological polar surface area (TPSA) is 47.6 Å². The summed E-state index contributed by atoms with van der Waals surface area (Å²) < 4.78 is 10.1. The second-order valence-corrected chi connectivity index (χ2v) is 3.30. The van der Waals surface area contributed by atoms with Gasteiger partial charge in [0.25, 0.3) is 0 Å². The molecule has 0 aliphatic rings. The maximum atomic E-state index is 11.2. The van der Waals surface area contributed by atoms with E-state index >= 15 is 0 Å². The van der Waals surface area contributed by atoms with E-state index in [0.29, 0.717) is 13.2 Å². The number of ether oxygens (including phenoxy) is 2. The second kappa shape index (κ2) is 7.84. The van der Waals surface area contributed by atoms with Crippen LogP contribution in [0.1, 0.15) is 5.56 Å². The van der Waals surface area contributed by atoms with Gasteiger partial charge in [-0.25, -0.2) is 4.79 Å². The molecule has 0 amide bonds. The van der Waals surface area contributed by atoms with Crippen LogP contribution in [0, 0.1) is 0 Å². The molecule has 0 aliphatic heterocycles. The van der Waals surface area contributed by atoms with Gasteiger partial charge in [0.1, 0.15) is 13.2 Å². The Morgan fingerprint density at radius 2 is 2.06 bits per heavy atom. The van der Waals surface area contributed by atoms with Gasteiger partial charge in [-0.1, -0.05) is 30.3 Å². The molecule has 0 saturated heterocycles. The van der Waals surface area contributed by atoms with E-state index in [2.05, 4.69) is 5.32 Å². The van der Waals surface area contributed by atoms with Crippen LogP contribution in [0.25, 0.3) is 0 Å².